The molecule has 92 valence electrons. The number of amides is 1. The Morgan fingerprint density at radius 1 is 1.29 bits per heavy atom. The number of ether oxygens (including phenoxy) is 1. The Morgan fingerprint density at radius 3 is 2.59 bits per heavy atom. The standard InChI is InChI=1S/C13H17NO3/c1-4-11(15)14-12-9(3)7-6-8-10(12)13(16)17-5-2/h6-8H,4-5H2,1-3H3,(H,14,15). The average Bonchev–Trinajstić information content (AvgIpc) is 2.31. The number of rotatable bonds is 4. The van der Waals surface area contributed by atoms with E-state index in [1.165, 1.54) is 0 Å². The van der Waals surface area contributed by atoms with Gasteiger partial charge in [0.1, 0.15) is 0 Å². The summed E-state index contributed by atoms with van der Waals surface area (Å²) < 4.78 is 4.95. The van der Waals surface area contributed by atoms with Crippen molar-refractivity contribution in [1.29, 1.82) is 0 Å². The first-order chi connectivity index (χ1) is 8.10. The maximum absolute atomic E-state index is 11.7. The largest absolute Gasteiger partial charge is 0.462 e. The number of esters is 1. The molecule has 0 fully saturated rings. The van der Waals surface area contributed by atoms with Crippen LogP contribution in [0.25, 0.3) is 0 Å². The van der Waals surface area contributed by atoms with Gasteiger partial charge in [-0.2, -0.15) is 0 Å². The first-order valence-corrected chi connectivity index (χ1v) is 5.66. The summed E-state index contributed by atoms with van der Waals surface area (Å²) >= 11 is 0. The van der Waals surface area contributed by atoms with E-state index in [9.17, 15) is 9.59 Å². The first kappa shape index (κ1) is 13.2. The van der Waals surface area contributed by atoms with Crippen molar-refractivity contribution in [2.45, 2.75) is 27.2 Å². The second-order valence-electron chi connectivity index (χ2n) is 3.62. The van der Waals surface area contributed by atoms with Crippen LogP contribution in [0.2, 0.25) is 0 Å². The Morgan fingerprint density at radius 2 is 2.00 bits per heavy atom. The zero-order valence-electron chi connectivity index (χ0n) is 10.4. The summed E-state index contributed by atoms with van der Waals surface area (Å²) in [6.45, 7) is 5.66. The monoisotopic (exact) mass is 235 g/mol. The lowest BCUT2D eigenvalue weighted by molar-refractivity contribution is -0.115. The van der Waals surface area contributed by atoms with E-state index in [1.54, 1.807) is 26.0 Å². The molecular weight excluding hydrogens is 218 g/mol. The van der Waals surface area contributed by atoms with Gasteiger partial charge in [-0.25, -0.2) is 4.79 Å². The fourth-order valence-corrected chi connectivity index (χ4v) is 1.44. The minimum atomic E-state index is -0.414. The van der Waals surface area contributed by atoms with E-state index in [2.05, 4.69) is 5.32 Å². The molecule has 0 aliphatic heterocycles. The molecular formula is C13H17NO3. The van der Waals surface area contributed by atoms with Gasteiger partial charge < -0.3 is 10.1 Å². The molecule has 1 rings (SSSR count). The maximum Gasteiger partial charge on any atom is 0.340 e. The second-order valence-corrected chi connectivity index (χ2v) is 3.62. The van der Waals surface area contributed by atoms with E-state index >= 15 is 0 Å². The summed E-state index contributed by atoms with van der Waals surface area (Å²) in [4.78, 5) is 23.1. The number of nitrogens with one attached hydrogen (secondary N) is 1. The van der Waals surface area contributed by atoms with Gasteiger partial charge in [0.05, 0.1) is 17.9 Å². The van der Waals surface area contributed by atoms with E-state index in [4.69, 9.17) is 4.74 Å². The average molecular weight is 235 g/mol. The summed E-state index contributed by atoms with van der Waals surface area (Å²) in [7, 11) is 0. The van der Waals surface area contributed by atoms with Crippen LogP contribution in [0.3, 0.4) is 0 Å². The molecule has 0 radical (unpaired) electrons. The van der Waals surface area contributed by atoms with Crippen LogP contribution in [-0.2, 0) is 9.53 Å². The Bertz CT molecular complexity index is 427. The lowest BCUT2D eigenvalue weighted by atomic mass is 10.1. The smallest absolute Gasteiger partial charge is 0.340 e. The maximum atomic E-state index is 11.7. The van der Waals surface area contributed by atoms with Gasteiger partial charge in [-0.05, 0) is 25.5 Å². The van der Waals surface area contributed by atoms with Crippen molar-refractivity contribution in [2.75, 3.05) is 11.9 Å². The van der Waals surface area contributed by atoms with Crippen LogP contribution in [0.15, 0.2) is 18.2 Å². The van der Waals surface area contributed by atoms with Crippen LogP contribution in [0, 0.1) is 6.92 Å². The van der Waals surface area contributed by atoms with Crippen LogP contribution in [-0.4, -0.2) is 18.5 Å². The summed E-state index contributed by atoms with van der Waals surface area (Å²) in [5, 5.41) is 2.73. The molecule has 0 unspecified atom stereocenters. The third-order valence-electron chi connectivity index (χ3n) is 2.35. The molecule has 0 heterocycles. The molecule has 4 nitrogen and oxygen atoms in total. The van der Waals surface area contributed by atoms with Gasteiger partial charge in [-0.3, -0.25) is 4.79 Å². The van der Waals surface area contributed by atoms with Crippen molar-refractivity contribution in [3.05, 3.63) is 29.3 Å². The summed E-state index contributed by atoms with van der Waals surface area (Å²) in [6.07, 6.45) is 0.372. The number of hydrogen-bond acceptors (Lipinski definition) is 3. The third kappa shape index (κ3) is 3.31. The molecule has 17 heavy (non-hydrogen) atoms. The number of benzene rings is 1. The molecule has 0 saturated carbocycles. The van der Waals surface area contributed by atoms with Crippen molar-refractivity contribution in [3.8, 4) is 0 Å². The van der Waals surface area contributed by atoms with Gasteiger partial charge in [0, 0.05) is 6.42 Å². The van der Waals surface area contributed by atoms with Crippen LogP contribution < -0.4 is 5.32 Å². The predicted octanol–water partition coefficient (Wildman–Crippen LogP) is 2.52. The number of carbonyl (C=O) groups excluding carboxylic acids is 2. The summed E-state index contributed by atoms with van der Waals surface area (Å²) in [6, 6.07) is 5.26. The fraction of sp³-hybridized carbons (Fsp3) is 0.385. The molecule has 0 spiro atoms. The molecule has 0 aliphatic rings. The third-order valence-corrected chi connectivity index (χ3v) is 2.35. The molecule has 0 atom stereocenters. The highest BCUT2D eigenvalue weighted by molar-refractivity contribution is 6.02. The highest BCUT2D eigenvalue weighted by atomic mass is 16.5. The van der Waals surface area contributed by atoms with Gasteiger partial charge in [-0.15, -0.1) is 0 Å². The number of anilines is 1. The highest BCUT2D eigenvalue weighted by Crippen LogP contribution is 2.21. The van der Waals surface area contributed by atoms with Crippen molar-refractivity contribution >= 4 is 17.6 Å². The first-order valence-electron chi connectivity index (χ1n) is 5.66. The number of aryl methyl sites for hydroxylation is 1. The van der Waals surface area contributed by atoms with Gasteiger partial charge in [0.2, 0.25) is 5.91 Å². The minimum absolute atomic E-state index is 0.121. The van der Waals surface area contributed by atoms with Gasteiger partial charge in [0.25, 0.3) is 0 Å². The lowest BCUT2D eigenvalue weighted by Gasteiger charge is -2.12. The quantitative estimate of drug-likeness (QED) is 0.816. The number of para-hydroxylation sites is 1. The Balaban J connectivity index is 3.08. The van der Waals surface area contributed by atoms with Crippen molar-refractivity contribution in [2.24, 2.45) is 0 Å². The normalized spacial score (nSPS) is 9.82. The fourth-order valence-electron chi connectivity index (χ4n) is 1.44. The van der Waals surface area contributed by atoms with Crippen molar-refractivity contribution in [1.82, 2.24) is 0 Å². The topological polar surface area (TPSA) is 55.4 Å². The van der Waals surface area contributed by atoms with Gasteiger partial charge in [-0.1, -0.05) is 19.1 Å². The van der Waals surface area contributed by atoms with E-state index in [0.717, 1.165) is 5.56 Å². The van der Waals surface area contributed by atoms with E-state index in [-0.39, 0.29) is 5.91 Å². The second kappa shape index (κ2) is 6.03. The van der Waals surface area contributed by atoms with Crippen LogP contribution in [0.5, 0.6) is 0 Å². The molecule has 0 bridgehead atoms. The molecule has 1 N–H and O–H groups in total. The predicted molar refractivity (Wildman–Crippen MR) is 66.1 cm³/mol. The van der Waals surface area contributed by atoms with Crippen molar-refractivity contribution in [3.63, 3.8) is 0 Å². The Hall–Kier alpha value is -1.84. The molecule has 0 aromatic heterocycles. The number of hydrogen-bond donors (Lipinski definition) is 1. The summed E-state index contributed by atoms with van der Waals surface area (Å²) in [5.74, 6) is -0.535. The van der Waals surface area contributed by atoms with E-state index in [0.29, 0.717) is 24.3 Å². The van der Waals surface area contributed by atoms with E-state index < -0.39 is 5.97 Å². The highest BCUT2D eigenvalue weighted by Gasteiger charge is 2.15. The van der Waals surface area contributed by atoms with E-state index in [1.807, 2.05) is 13.0 Å². The van der Waals surface area contributed by atoms with Crippen LogP contribution >= 0.6 is 0 Å². The lowest BCUT2D eigenvalue weighted by Crippen LogP contribution is -2.15. The SMILES string of the molecule is CCOC(=O)c1cccc(C)c1NC(=O)CC. The molecule has 1 amide bonds. The van der Waals surface area contributed by atoms with Crippen molar-refractivity contribution < 1.29 is 14.3 Å². The molecule has 4 heteroatoms. The minimum Gasteiger partial charge on any atom is -0.462 e. The Kier molecular flexibility index (Phi) is 4.69. The summed E-state index contributed by atoms with van der Waals surface area (Å²) in [5.41, 5.74) is 1.78. The molecule has 1 aromatic carbocycles. The molecule has 0 aliphatic carbocycles. The zero-order chi connectivity index (χ0) is 12.8. The molecule has 1 aromatic rings. The van der Waals surface area contributed by atoms with Crippen LogP contribution in [0.4, 0.5) is 5.69 Å². The number of carbonyl (C=O) groups is 2. The Labute approximate surface area is 101 Å². The molecule has 0 saturated heterocycles. The van der Waals surface area contributed by atoms with Gasteiger partial charge >= 0.3 is 5.97 Å². The van der Waals surface area contributed by atoms with Gasteiger partial charge in [0.15, 0.2) is 0 Å². The van der Waals surface area contributed by atoms with Crippen LogP contribution in [0.1, 0.15) is 36.2 Å². The zero-order valence-corrected chi connectivity index (χ0v) is 10.4.